The van der Waals surface area contributed by atoms with Gasteiger partial charge in [0.05, 0.1) is 17.8 Å². The van der Waals surface area contributed by atoms with E-state index in [9.17, 15) is 18.0 Å². The zero-order chi connectivity index (χ0) is 24.2. The Bertz CT molecular complexity index is 773. The smallest absolute Gasteiger partial charge is 0.410 e. The molecule has 0 N–H and O–H groups in total. The standard InChI is InChI=1S/C23H41N3O6S/c1-5-31-21(27)18-6-8-19(9-7-18)24-14-16-26(17-15-24)33(29,30)20-10-12-25(13-11-20)22(28)32-23(2,3)4/h18-20H,5-17H2,1-4H3. The molecule has 0 atom stereocenters. The molecule has 1 saturated carbocycles. The molecule has 3 fully saturated rings. The summed E-state index contributed by atoms with van der Waals surface area (Å²) in [4.78, 5) is 28.2. The fourth-order valence-corrected chi connectivity index (χ4v) is 7.03. The van der Waals surface area contributed by atoms with Crippen LogP contribution in [0.15, 0.2) is 0 Å². The van der Waals surface area contributed by atoms with E-state index < -0.39 is 20.9 Å². The van der Waals surface area contributed by atoms with Crippen molar-refractivity contribution < 1.29 is 27.5 Å². The molecule has 2 aliphatic heterocycles. The summed E-state index contributed by atoms with van der Waals surface area (Å²) < 4.78 is 38.7. The lowest BCUT2D eigenvalue weighted by molar-refractivity contribution is -0.149. The summed E-state index contributed by atoms with van der Waals surface area (Å²) in [5.74, 6) is -0.0704. The van der Waals surface area contributed by atoms with E-state index >= 15 is 0 Å². The first-order valence-corrected chi connectivity index (χ1v) is 13.9. The molecule has 0 aromatic heterocycles. The van der Waals surface area contributed by atoms with Gasteiger partial charge in [-0.2, -0.15) is 4.31 Å². The highest BCUT2D eigenvalue weighted by Gasteiger charge is 2.39. The van der Waals surface area contributed by atoms with Gasteiger partial charge in [-0.3, -0.25) is 9.69 Å². The minimum atomic E-state index is -3.38. The zero-order valence-electron chi connectivity index (χ0n) is 20.6. The number of carbonyl (C=O) groups is 2. The van der Waals surface area contributed by atoms with Crippen molar-refractivity contribution in [3.8, 4) is 0 Å². The van der Waals surface area contributed by atoms with Gasteiger partial charge in [-0.1, -0.05) is 0 Å². The maximum absolute atomic E-state index is 13.2. The topological polar surface area (TPSA) is 96.5 Å². The van der Waals surface area contributed by atoms with Crippen LogP contribution in [0.3, 0.4) is 0 Å². The Morgan fingerprint density at radius 2 is 1.45 bits per heavy atom. The molecule has 0 radical (unpaired) electrons. The summed E-state index contributed by atoms with van der Waals surface area (Å²) in [6.45, 7) is 11.0. The average Bonchev–Trinajstić information content (AvgIpc) is 2.78. The molecule has 1 aliphatic carbocycles. The van der Waals surface area contributed by atoms with Crippen molar-refractivity contribution in [1.29, 1.82) is 0 Å². The zero-order valence-corrected chi connectivity index (χ0v) is 21.4. The molecule has 0 aromatic rings. The van der Waals surface area contributed by atoms with E-state index in [0.717, 1.165) is 38.8 Å². The maximum Gasteiger partial charge on any atom is 0.410 e. The molecule has 2 heterocycles. The van der Waals surface area contributed by atoms with Crippen molar-refractivity contribution in [2.75, 3.05) is 45.9 Å². The third-order valence-corrected chi connectivity index (χ3v) is 9.38. The van der Waals surface area contributed by atoms with Gasteiger partial charge in [0, 0.05) is 45.3 Å². The Labute approximate surface area is 198 Å². The Balaban J connectivity index is 1.44. The Kier molecular flexibility index (Phi) is 8.66. The lowest BCUT2D eigenvalue weighted by Gasteiger charge is -2.42. The van der Waals surface area contributed by atoms with Crippen LogP contribution in [-0.2, 0) is 24.3 Å². The van der Waals surface area contributed by atoms with Crippen molar-refractivity contribution >= 4 is 22.1 Å². The number of piperidine rings is 1. The normalized spacial score (nSPS) is 26.7. The first-order chi connectivity index (χ1) is 15.5. The second kappa shape index (κ2) is 10.9. The van der Waals surface area contributed by atoms with Crippen LogP contribution >= 0.6 is 0 Å². The highest BCUT2D eigenvalue weighted by Crippen LogP contribution is 2.30. The van der Waals surface area contributed by atoms with E-state index in [0.29, 0.717) is 51.7 Å². The van der Waals surface area contributed by atoms with Crippen molar-refractivity contribution in [2.24, 2.45) is 5.92 Å². The summed E-state index contributed by atoms with van der Waals surface area (Å²) in [5, 5.41) is -0.442. The molecule has 190 valence electrons. The summed E-state index contributed by atoms with van der Waals surface area (Å²) in [5.41, 5.74) is -0.558. The number of nitrogens with zero attached hydrogens (tertiary/aromatic N) is 3. The van der Waals surface area contributed by atoms with Gasteiger partial charge in [-0.25, -0.2) is 13.2 Å². The van der Waals surface area contributed by atoms with E-state index in [4.69, 9.17) is 9.47 Å². The minimum absolute atomic E-state index is 0.00872. The van der Waals surface area contributed by atoms with Crippen LogP contribution in [0.5, 0.6) is 0 Å². The minimum Gasteiger partial charge on any atom is -0.466 e. The van der Waals surface area contributed by atoms with Crippen LogP contribution in [0.1, 0.15) is 66.2 Å². The molecular formula is C23H41N3O6S. The number of piperazine rings is 1. The van der Waals surface area contributed by atoms with Gasteiger partial charge in [-0.15, -0.1) is 0 Å². The van der Waals surface area contributed by atoms with E-state index in [1.165, 1.54) is 0 Å². The summed E-state index contributed by atoms with van der Waals surface area (Å²) in [6, 6.07) is 0.414. The number of esters is 1. The first kappa shape index (κ1) is 26.2. The van der Waals surface area contributed by atoms with Crippen molar-refractivity contribution in [3.63, 3.8) is 0 Å². The molecule has 1 amide bonds. The molecular weight excluding hydrogens is 446 g/mol. The summed E-state index contributed by atoms with van der Waals surface area (Å²) >= 11 is 0. The predicted octanol–water partition coefficient (Wildman–Crippen LogP) is 2.46. The van der Waals surface area contributed by atoms with Crippen LogP contribution in [0, 0.1) is 5.92 Å². The van der Waals surface area contributed by atoms with Gasteiger partial charge in [0.15, 0.2) is 0 Å². The molecule has 0 unspecified atom stereocenters. The number of ether oxygens (including phenoxy) is 2. The molecule has 3 aliphatic rings. The predicted molar refractivity (Wildman–Crippen MR) is 125 cm³/mol. The third-order valence-electron chi connectivity index (χ3n) is 6.98. The summed E-state index contributed by atoms with van der Waals surface area (Å²) in [7, 11) is -3.38. The van der Waals surface area contributed by atoms with Gasteiger partial charge in [0.25, 0.3) is 0 Å². The average molecular weight is 488 g/mol. The molecule has 3 rings (SSSR count). The fourth-order valence-electron chi connectivity index (χ4n) is 5.13. The number of likely N-dealkylation sites (tertiary alicyclic amines) is 1. The Morgan fingerprint density at radius 3 is 1.97 bits per heavy atom. The van der Waals surface area contributed by atoms with Gasteiger partial charge in [0.2, 0.25) is 10.0 Å². The third kappa shape index (κ3) is 6.82. The second-order valence-corrected chi connectivity index (χ2v) is 12.6. The molecule has 9 nitrogen and oxygen atoms in total. The molecule has 0 spiro atoms. The fraction of sp³-hybridized carbons (Fsp3) is 0.913. The Hall–Kier alpha value is -1.39. The monoisotopic (exact) mass is 487 g/mol. The quantitative estimate of drug-likeness (QED) is 0.550. The van der Waals surface area contributed by atoms with Gasteiger partial charge < -0.3 is 14.4 Å². The molecule has 0 aromatic carbocycles. The van der Waals surface area contributed by atoms with Gasteiger partial charge in [-0.05, 0) is 66.2 Å². The lowest BCUT2D eigenvalue weighted by atomic mass is 9.85. The van der Waals surface area contributed by atoms with Crippen LogP contribution in [-0.4, -0.2) is 97.4 Å². The second-order valence-electron chi connectivity index (χ2n) is 10.4. The molecule has 33 heavy (non-hydrogen) atoms. The molecule has 2 saturated heterocycles. The molecule has 10 heteroatoms. The highest BCUT2D eigenvalue weighted by atomic mass is 32.2. The summed E-state index contributed by atoms with van der Waals surface area (Å²) in [6.07, 6.45) is 4.12. The Morgan fingerprint density at radius 1 is 0.879 bits per heavy atom. The lowest BCUT2D eigenvalue weighted by Crippen LogP contribution is -2.55. The highest BCUT2D eigenvalue weighted by molar-refractivity contribution is 7.89. The van der Waals surface area contributed by atoms with E-state index in [1.54, 1.807) is 9.21 Å². The van der Waals surface area contributed by atoms with Crippen molar-refractivity contribution in [2.45, 2.75) is 83.1 Å². The van der Waals surface area contributed by atoms with Gasteiger partial charge >= 0.3 is 12.1 Å². The number of amides is 1. The first-order valence-electron chi connectivity index (χ1n) is 12.4. The number of carbonyl (C=O) groups excluding carboxylic acids is 2. The van der Waals surface area contributed by atoms with E-state index in [1.807, 2.05) is 27.7 Å². The van der Waals surface area contributed by atoms with Crippen LogP contribution in [0.4, 0.5) is 4.79 Å². The number of hydrogen-bond acceptors (Lipinski definition) is 7. The van der Waals surface area contributed by atoms with Crippen molar-refractivity contribution in [3.05, 3.63) is 0 Å². The van der Waals surface area contributed by atoms with Crippen LogP contribution in [0.25, 0.3) is 0 Å². The number of sulfonamides is 1. The SMILES string of the molecule is CCOC(=O)C1CCC(N2CCN(S(=O)(=O)C3CCN(C(=O)OC(C)(C)C)CC3)CC2)CC1. The van der Waals surface area contributed by atoms with Crippen LogP contribution < -0.4 is 0 Å². The van der Waals surface area contributed by atoms with Gasteiger partial charge in [0.1, 0.15) is 5.60 Å². The number of hydrogen-bond donors (Lipinski definition) is 0. The van der Waals surface area contributed by atoms with E-state index in [-0.39, 0.29) is 18.0 Å². The van der Waals surface area contributed by atoms with Crippen molar-refractivity contribution in [1.82, 2.24) is 14.1 Å². The van der Waals surface area contributed by atoms with E-state index in [2.05, 4.69) is 4.90 Å². The number of rotatable bonds is 5. The molecule has 0 bridgehead atoms. The van der Waals surface area contributed by atoms with Crippen LogP contribution in [0.2, 0.25) is 0 Å². The largest absolute Gasteiger partial charge is 0.466 e. The maximum atomic E-state index is 13.2.